The van der Waals surface area contributed by atoms with Crippen molar-refractivity contribution < 1.29 is 8.42 Å². The van der Waals surface area contributed by atoms with Gasteiger partial charge in [0.2, 0.25) is 10.0 Å². The zero-order valence-electron chi connectivity index (χ0n) is 18.5. The van der Waals surface area contributed by atoms with Crippen LogP contribution in [-0.4, -0.2) is 51.5 Å². The number of aromatic nitrogens is 6. The fraction of sp³-hybridized carbons (Fsp3) is 0.333. The van der Waals surface area contributed by atoms with Crippen molar-refractivity contribution in [3.8, 4) is 0 Å². The van der Waals surface area contributed by atoms with Crippen molar-refractivity contribution in [2.75, 3.05) is 18.5 Å². The molecule has 0 spiro atoms. The number of anilines is 1. The summed E-state index contributed by atoms with van der Waals surface area (Å²) in [6.45, 7) is 5.00. The van der Waals surface area contributed by atoms with E-state index in [0.29, 0.717) is 18.9 Å². The molecule has 0 saturated carbocycles. The summed E-state index contributed by atoms with van der Waals surface area (Å²) in [4.78, 5) is 10.6. The first-order valence-electron chi connectivity index (χ1n) is 10.2. The largest absolute Gasteiger partial charge is 0.357 e. The average Bonchev–Trinajstić information content (AvgIpc) is 3.41. The summed E-state index contributed by atoms with van der Waals surface area (Å²) in [5.74, 6) is 0.704. The van der Waals surface area contributed by atoms with Gasteiger partial charge in [0.15, 0.2) is 0 Å². The van der Waals surface area contributed by atoms with Gasteiger partial charge in [0.1, 0.15) is 18.5 Å². The molecule has 32 heavy (non-hydrogen) atoms. The van der Waals surface area contributed by atoms with Crippen LogP contribution in [0.5, 0.6) is 0 Å². The van der Waals surface area contributed by atoms with Crippen molar-refractivity contribution in [2.24, 2.45) is 7.05 Å². The Morgan fingerprint density at radius 1 is 1.22 bits per heavy atom. The smallest absolute Gasteiger partial charge is 0.241 e. The fourth-order valence-corrected chi connectivity index (χ4v) is 4.86. The Balaban J connectivity index is 1.61. The van der Waals surface area contributed by atoms with E-state index < -0.39 is 16.1 Å². The van der Waals surface area contributed by atoms with Gasteiger partial charge in [-0.1, -0.05) is 6.07 Å². The van der Waals surface area contributed by atoms with Crippen LogP contribution in [-0.2, 0) is 23.6 Å². The molecule has 1 atom stereocenters. The number of nitrogens with one attached hydrogen (secondary N) is 1. The number of fused-ring (bicyclic) bond motifs is 1. The zero-order valence-corrected chi connectivity index (χ0v) is 19.3. The number of likely N-dealkylation sites (N-methyl/N-ethyl adjacent to an activating group) is 1. The predicted octanol–water partition coefficient (Wildman–Crippen LogP) is 2.04. The number of sulfonamides is 1. The first-order valence-corrected chi connectivity index (χ1v) is 11.7. The lowest BCUT2D eigenvalue weighted by molar-refractivity contribution is 0.566. The molecule has 0 aliphatic carbocycles. The van der Waals surface area contributed by atoms with Crippen molar-refractivity contribution >= 4 is 26.6 Å². The second-order valence-electron chi connectivity index (χ2n) is 7.75. The van der Waals surface area contributed by atoms with Gasteiger partial charge in [-0.2, -0.15) is 10.2 Å². The molecule has 0 amide bonds. The minimum absolute atomic E-state index is 0.192. The minimum Gasteiger partial charge on any atom is -0.357 e. The van der Waals surface area contributed by atoms with Crippen molar-refractivity contribution in [2.45, 2.75) is 31.3 Å². The Hall–Kier alpha value is -3.31. The highest BCUT2D eigenvalue weighted by atomic mass is 32.2. The Labute approximate surface area is 187 Å². The third kappa shape index (κ3) is 4.34. The topological polar surface area (TPSA) is 111 Å². The van der Waals surface area contributed by atoms with E-state index in [2.05, 4.69) is 24.9 Å². The molecule has 4 rings (SSSR count). The summed E-state index contributed by atoms with van der Waals surface area (Å²) in [5.41, 5.74) is 1.76. The van der Waals surface area contributed by atoms with Gasteiger partial charge in [-0.15, -0.1) is 0 Å². The molecule has 0 aliphatic rings. The SMILES string of the molecule is Cc1c(C(C)NS(=O)(=O)c2ccc3ccnc(N(C)CCn4cncn4)c3c2)cnn1C. The molecular weight excluding hydrogens is 428 g/mol. The Morgan fingerprint density at radius 3 is 2.72 bits per heavy atom. The van der Waals surface area contributed by atoms with E-state index in [-0.39, 0.29) is 4.90 Å². The second-order valence-corrected chi connectivity index (χ2v) is 9.46. The number of benzene rings is 1. The maximum Gasteiger partial charge on any atom is 0.241 e. The van der Waals surface area contributed by atoms with Crippen molar-refractivity contribution in [1.82, 2.24) is 34.3 Å². The van der Waals surface area contributed by atoms with E-state index in [9.17, 15) is 8.42 Å². The molecule has 1 unspecified atom stereocenters. The predicted molar refractivity (Wildman–Crippen MR) is 122 cm³/mol. The normalized spacial score (nSPS) is 12.9. The zero-order chi connectivity index (χ0) is 22.9. The van der Waals surface area contributed by atoms with Gasteiger partial charge in [0.25, 0.3) is 0 Å². The molecule has 0 aliphatic heterocycles. The molecule has 0 bridgehead atoms. The number of aryl methyl sites for hydroxylation is 1. The van der Waals surface area contributed by atoms with Crippen LogP contribution >= 0.6 is 0 Å². The van der Waals surface area contributed by atoms with Gasteiger partial charge in [-0.3, -0.25) is 9.36 Å². The lowest BCUT2D eigenvalue weighted by Crippen LogP contribution is -2.27. The van der Waals surface area contributed by atoms with Gasteiger partial charge < -0.3 is 4.90 Å². The highest BCUT2D eigenvalue weighted by Gasteiger charge is 2.22. The highest BCUT2D eigenvalue weighted by Crippen LogP contribution is 2.27. The van der Waals surface area contributed by atoms with E-state index in [1.165, 1.54) is 6.33 Å². The van der Waals surface area contributed by atoms with E-state index in [1.807, 2.05) is 38.9 Å². The molecule has 0 fully saturated rings. The number of rotatable bonds is 8. The fourth-order valence-electron chi connectivity index (χ4n) is 3.62. The summed E-state index contributed by atoms with van der Waals surface area (Å²) in [6.07, 6.45) is 6.57. The molecule has 1 aromatic carbocycles. The second kappa shape index (κ2) is 8.67. The quantitative estimate of drug-likeness (QED) is 0.434. The third-order valence-electron chi connectivity index (χ3n) is 5.59. The van der Waals surface area contributed by atoms with E-state index in [0.717, 1.165) is 22.0 Å². The van der Waals surface area contributed by atoms with E-state index in [4.69, 9.17) is 0 Å². The summed E-state index contributed by atoms with van der Waals surface area (Å²) < 4.78 is 32.5. The highest BCUT2D eigenvalue weighted by molar-refractivity contribution is 7.89. The Bertz CT molecular complexity index is 1330. The number of hydrogen-bond donors (Lipinski definition) is 1. The van der Waals surface area contributed by atoms with Gasteiger partial charge in [0, 0.05) is 49.5 Å². The van der Waals surface area contributed by atoms with Crippen LogP contribution in [0.25, 0.3) is 10.8 Å². The maximum atomic E-state index is 13.1. The van der Waals surface area contributed by atoms with Crippen molar-refractivity contribution in [1.29, 1.82) is 0 Å². The molecule has 4 aromatic rings. The van der Waals surface area contributed by atoms with E-state index in [1.54, 1.807) is 46.3 Å². The number of nitrogens with zero attached hydrogens (tertiary/aromatic N) is 7. The number of hydrogen-bond acceptors (Lipinski definition) is 7. The van der Waals surface area contributed by atoms with Crippen molar-refractivity contribution in [3.63, 3.8) is 0 Å². The van der Waals surface area contributed by atoms with Gasteiger partial charge in [-0.25, -0.2) is 23.1 Å². The lowest BCUT2D eigenvalue weighted by atomic mass is 10.1. The summed E-state index contributed by atoms with van der Waals surface area (Å²) >= 11 is 0. The summed E-state index contributed by atoms with van der Waals surface area (Å²) in [5, 5.41) is 10.0. The van der Waals surface area contributed by atoms with Crippen molar-refractivity contribution in [3.05, 3.63) is 60.6 Å². The van der Waals surface area contributed by atoms with Gasteiger partial charge in [0.05, 0.1) is 17.6 Å². The van der Waals surface area contributed by atoms with Crippen LogP contribution in [0.2, 0.25) is 0 Å². The maximum absolute atomic E-state index is 13.1. The van der Waals surface area contributed by atoms with E-state index >= 15 is 0 Å². The molecule has 3 aromatic heterocycles. The summed E-state index contributed by atoms with van der Waals surface area (Å²) in [6, 6.07) is 6.56. The Kier molecular flexibility index (Phi) is 5.94. The molecule has 168 valence electrons. The van der Waals surface area contributed by atoms with Crippen LogP contribution in [0.1, 0.15) is 24.2 Å². The van der Waals surface area contributed by atoms with Crippen LogP contribution in [0.15, 0.2) is 54.2 Å². The monoisotopic (exact) mass is 454 g/mol. The standard InChI is InChI=1S/C21H26N8O2S/c1-15(20-12-24-28(4)16(20)2)26-32(30,31)18-6-5-17-7-8-23-21(19(17)11-18)27(3)9-10-29-14-22-13-25-29/h5-8,11-15,26H,9-10H2,1-4H3. The molecule has 0 saturated heterocycles. The lowest BCUT2D eigenvalue weighted by Gasteiger charge is -2.20. The Morgan fingerprint density at radius 2 is 2.03 bits per heavy atom. The van der Waals surface area contributed by atoms with Crippen LogP contribution in [0.3, 0.4) is 0 Å². The molecular formula is C21H26N8O2S. The van der Waals surface area contributed by atoms with Gasteiger partial charge >= 0.3 is 0 Å². The van der Waals surface area contributed by atoms with Gasteiger partial charge in [-0.05, 0) is 37.4 Å². The van der Waals surface area contributed by atoms with Crippen LogP contribution in [0.4, 0.5) is 5.82 Å². The first-order chi connectivity index (χ1) is 15.3. The van der Waals surface area contributed by atoms with Crippen LogP contribution < -0.4 is 9.62 Å². The summed E-state index contributed by atoms with van der Waals surface area (Å²) in [7, 11) is 0.000110. The molecule has 10 nitrogen and oxygen atoms in total. The minimum atomic E-state index is -3.75. The molecule has 1 N–H and O–H groups in total. The third-order valence-corrected chi connectivity index (χ3v) is 7.13. The first kappa shape index (κ1) is 21.9. The molecule has 3 heterocycles. The average molecular weight is 455 g/mol. The van der Waals surface area contributed by atoms with Crippen LogP contribution in [0, 0.1) is 6.92 Å². The number of pyridine rings is 1. The molecule has 0 radical (unpaired) electrons. The molecule has 11 heteroatoms.